The van der Waals surface area contributed by atoms with Gasteiger partial charge in [0.25, 0.3) is 5.91 Å². The molecule has 1 heterocycles. The molecule has 1 aliphatic rings. The average Bonchev–Trinajstić information content (AvgIpc) is 2.67. The van der Waals surface area contributed by atoms with Crippen molar-refractivity contribution >= 4 is 33.9 Å². The molecule has 100 valence electrons. The third kappa shape index (κ3) is 3.54. The quantitative estimate of drug-likeness (QED) is 0.672. The molecule has 0 aromatic heterocycles. The van der Waals surface area contributed by atoms with Gasteiger partial charge in [0, 0.05) is 10.0 Å². The molecule has 2 amide bonds. The number of imide groups is 1. The summed E-state index contributed by atoms with van der Waals surface area (Å²) in [5.41, 5.74) is 0.770. The molecule has 19 heavy (non-hydrogen) atoms. The number of rotatable bonds is 3. The van der Waals surface area contributed by atoms with Crippen molar-refractivity contribution in [2.45, 2.75) is 19.1 Å². The molecule has 2 rings (SSSR count). The fourth-order valence-corrected chi connectivity index (χ4v) is 1.93. The van der Waals surface area contributed by atoms with Gasteiger partial charge < -0.3 is 9.47 Å². The summed E-state index contributed by atoms with van der Waals surface area (Å²) in [6, 6.07) is 7.23. The molecule has 0 spiro atoms. The molecular formula is C12H10BrNO5. The maximum absolute atomic E-state index is 11.4. The van der Waals surface area contributed by atoms with Crippen molar-refractivity contribution in [2.24, 2.45) is 0 Å². The van der Waals surface area contributed by atoms with Crippen LogP contribution >= 0.6 is 15.9 Å². The third-order valence-corrected chi connectivity index (χ3v) is 3.24. The number of nitrogens with one attached hydrogen (secondary N) is 1. The Morgan fingerprint density at radius 3 is 2.74 bits per heavy atom. The molecule has 1 aliphatic heterocycles. The van der Waals surface area contributed by atoms with E-state index in [0.29, 0.717) is 0 Å². The van der Waals surface area contributed by atoms with Gasteiger partial charge in [-0.25, -0.2) is 4.79 Å². The maximum atomic E-state index is 11.4. The first-order valence-electron chi connectivity index (χ1n) is 5.47. The summed E-state index contributed by atoms with van der Waals surface area (Å²) in [6.45, 7) is 0.0164. The van der Waals surface area contributed by atoms with Gasteiger partial charge in [-0.3, -0.25) is 14.9 Å². The number of benzene rings is 1. The molecule has 1 aromatic carbocycles. The minimum Gasteiger partial charge on any atom is -0.429 e. The number of carbonyl (C=O) groups is 3. The van der Waals surface area contributed by atoms with Gasteiger partial charge in [0.1, 0.15) is 6.61 Å². The molecule has 0 aliphatic carbocycles. The summed E-state index contributed by atoms with van der Waals surface area (Å²) in [6.07, 6.45) is -2.24. The van der Waals surface area contributed by atoms with E-state index in [1.807, 2.05) is 17.4 Å². The number of hydrogen-bond donors (Lipinski definition) is 1. The van der Waals surface area contributed by atoms with Gasteiger partial charge in [-0.2, -0.15) is 0 Å². The summed E-state index contributed by atoms with van der Waals surface area (Å²) < 4.78 is 10.4. The Labute approximate surface area is 117 Å². The molecule has 1 saturated heterocycles. The first-order valence-corrected chi connectivity index (χ1v) is 6.26. The first kappa shape index (κ1) is 13.5. The molecule has 1 atom stereocenters. The Bertz CT molecular complexity index is 531. The largest absolute Gasteiger partial charge is 0.509 e. The normalized spacial score (nSPS) is 18.1. The van der Waals surface area contributed by atoms with Gasteiger partial charge in [0.15, 0.2) is 6.10 Å². The van der Waals surface area contributed by atoms with E-state index >= 15 is 0 Å². The van der Waals surface area contributed by atoms with E-state index in [-0.39, 0.29) is 13.0 Å². The van der Waals surface area contributed by atoms with Crippen LogP contribution < -0.4 is 5.32 Å². The summed E-state index contributed by atoms with van der Waals surface area (Å²) in [5.74, 6) is -1.09. The second kappa shape index (κ2) is 5.83. The van der Waals surface area contributed by atoms with E-state index in [1.165, 1.54) is 0 Å². The van der Waals surface area contributed by atoms with Crippen LogP contribution in [0.25, 0.3) is 0 Å². The molecule has 0 saturated carbocycles. The van der Waals surface area contributed by atoms with Gasteiger partial charge in [0.2, 0.25) is 5.91 Å². The third-order valence-electron chi connectivity index (χ3n) is 2.47. The highest BCUT2D eigenvalue weighted by Crippen LogP contribution is 2.17. The van der Waals surface area contributed by atoms with Crippen molar-refractivity contribution in [3.8, 4) is 0 Å². The average molecular weight is 328 g/mol. The molecule has 0 bridgehead atoms. The standard InChI is InChI=1S/C12H10BrNO5/c13-8-4-2-1-3-7(8)6-18-12(17)19-9-5-10(15)14-11(9)16/h1-4,9H,5-6H2,(H,14,15,16)/t9-/m0/s1. The Balaban J connectivity index is 1.84. The van der Waals surface area contributed by atoms with Crippen molar-refractivity contribution in [1.29, 1.82) is 0 Å². The van der Waals surface area contributed by atoms with E-state index < -0.39 is 24.1 Å². The van der Waals surface area contributed by atoms with Crippen LogP contribution in [0.4, 0.5) is 4.79 Å². The number of amides is 2. The lowest BCUT2D eigenvalue weighted by atomic mass is 10.2. The topological polar surface area (TPSA) is 81.7 Å². The molecule has 6 nitrogen and oxygen atoms in total. The molecular weight excluding hydrogens is 318 g/mol. The van der Waals surface area contributed by atoms with Crippen LogP contribution in [-0.4, -0.2) is 24.1 Å². The molecule has 0 unspecified atom stereocenters. The maximum Gasteiger partial charge on any atom is 0.509 e. The Morgan fingerprint density at radius 1 is 1.37 bits per heavy atom. The predicted molar refractivity (Wildman–Crippen MR) is 67.0 cm³/mol. The summed E-state index contributed by atoms with van der Waals surface area (Å²) >= 11 is 3.31. The lowest BCUT2D eigenvalue weighted by Crippen LogP contribution is -2.28. The van der Waals surface area contributed by atoms with Gasteiger partial charge >= 0.3 is 6.16 Å². The smallest absolute Gasteiger partial charge is 0.429 e. The summed E-state index contributed by atoms with van der Waals surface area (Å²) in [4.78, 5) is 33.5. The molecule has 0 radical (unpaired) electrons. The van der Waals surface area contributed by atoms with E-state index in [1.54, 1.807) is 12.1 Å². The van der Waals surface area contributed by atoms with E-state index in [4.69, 9.17) is 9.47 Å². The zero-order valence-electron chi connectivity index (χ0n) is 9.72. The Morgan fingerprint density at radius 2 is 2.11 bits per heavy atom. The molecule has 1 aromatic rings. The van der Waals surface area contributed by atoms with E-state index in [9.17, 15) is 14.4 Å². The minimum atomic E-state index is -1.10. The monoisotopic (exact) mass is 327 g/mol. The van der Waals surface area contributed by atoms with E-state index in [0.717, 1.165) is 10.0 Å². The molecule has 1 N–H and O–H groups in total. The SMILES string of the molecule is O=C1C[C@H](OC(=O)OCc2ccccc2Br)C(=O)N1. The second-order valence-electron chi connectivity index (χ2n) is 3.85. The zero-order chi connectivity index (χ0) is 13.8. The van der Waals surface area contributed by atoms with E-state index in [2.05, 4.69) is 15.9 Å². The fraction of sp³-hybridized carbons (Fsp3) is 0.250. The van der Waals surface area contributed by atoms with Crippen LogP contribution in [0.15, 0.2) is 28.7 Å². The predicted octanol–water partition coefficient (Wildman–Crippen LogP) is 1.52. The van der Waals surface area contributed by atoms with Crippen LogP contribution in [0.2, 0.25) is 0 Å². The fourth-order valence-electron chi connectivity index (χ4n) is 1.53. The van der Waals surface area contributed by atoms with Crippen molar-refractivity contribution in [2.75, 3.05) is 0 Å². The van der Waals surface area contributed by atoms with Gasteiger partial charge in [-0.05, 0) is 6.07 Å². The van der Waals surface area contributed by atoms with Gasteiger partial charge in [-0.1, -0.05) is 34.1 Å². The lowest BCUT2D eigenvalue weighted by Gasteiger charge is -2.09. The number of hydrogen-bond acceptors (Lipinski definition) is 5. The van der Waals surface area contributed by atoms with Crippen LogP contribution in [0.5, 0.6) is 0 Å². The lowest BCUT2D eigenvalue weighted by molar-refractivity contribution is -0.128. The van der Waals surface area contributed by atoms with Crippen LogP contribution in [-0.2, 0) is 25.7 Å². The van der Waals surface area contributed by atoms with Crippen LogP contribution in [0, 0.1) is 0 Å². The van der Waals surface area contributed by atoms with Crippen molar-refractivity contribution < 1.29 is 23.9 Å². The van der Waals surface area contributed by atoms with Crippen molar-refractivity contribution in [3.63, 3.8) is 0 Å². The Kier molecular flexibility index (Phi) is 4.16. The number of halogens is 1. The minimum absolute atomic E-state index is 0.0164. The van der Waals surface area contributed by atoms with Crippen molar-refractivity contribution in [3.05, 3.63) is 34.3 Å². The number of carbonyl (C=O) groups excluding carboxylic acids is 3. The first-order chi connectivity index (χ1) is 9.06. The van der Waals surface area contributed by atoms with Crippen LogP contribution in [0.3, 0.4) is 0 Å². The Hall–Kier alpha value is -1.89. The highest BCUT2D eigenvalue weighted by atomic mass is 79.9. The van der Waals surface area contributed by atoms with Crippen LogP contribution in [0.1, 0.15) is 12.0 Å². The van der Waals surface area contributed by atoms with Gasteiger partial charge in [0.05, 0.1) is 6.42 Å². The molecule has 1 fully saturated rings. The second-order valence-corrected chi connectivity index (χ2v) is 4.71. The highest BCUT2D eigenvalue weighted by molar-refractivity contribution is 9.10. The highest BCUT2D eigenvalue weighted by Gasteiger charge is 2.34. The number of ether oxygens (including phenoxy) is 2. The van der Waals surface area contributed by atoms with Gasteiger partial charge in [-0.15, -0.1) is 0 Å². The summed E-state index contributed by atoms with van der Waals surface area (Å²) in [5, 5.41) is 2.04. The summed E-state index contributed by atoms with van der Waals surface area (Å²) in [7, 11) is 0. The molecule has 7 heteroatoms. The zero-order valence-corrected chi connectivity index (χ0v) is 11.3. The van der Waals surface area contributed by atoms with Crippen molar-refractivity contribution in [1.82, 2.24) is 5.32 Å².